The molecule has 0 saturated carbocycles. The Balaban J connectivity index is 2.03. The van der Waals surface area contributed by atoms with Crippen molar-refractivity contribution in [3.8, 4) is 0 Å². The lowest BCUT2D eigenvalue weighted by molar-refractivity contribution is 0.525. The van der Waals surface area contributed by atoms with E-state index in [1.165, 1.54) is 6.07 Å². The summed E-state index contributed by atoms with van der Waals surface area (Å²) in [5, 5.41) is 4.93. The summed E-state index contributed by atoms with van der Waals surface area (Å²) in [5.41, 5.74) is 1.42. The van der Waals surface area contributed by atoms with Gasteiger partial charge in [0.05, 0.1) is 0 Å². The maximum atomic E-state index is 13.7. The van der Waals surface area contributed by atoms with E-state index >= 15 is 0 Å². The molecule has 0 aliphatic heterocycles. The van der Waals surface area contributed by atoms with Crippen molar-refractivity contribution in [1.29, 1.82) is 0 Å². The van der Waals surface area contributed by atoms with Crippen LogP contribution in [0.2, 0.25) is 0 Å². The van der Waals surface area contributed by atoms with Gasteiger partial charge in [-0.25, -0.2) is 4.39 Å². The lowest BCUT2D eigenvalue weighted by Crippen LogP contribution is -2.19. The van der Waals surface area contributed by atoms with Crippen LogP contribution in [0.5, 0.6) is 0 Å². The van der Waals surface area contributed by atoms with Gasteiger partial charge in [-0.1, -0.05) is 33.3 Å². The Labute approximate surface area is 116 Å². The predicted molar refractivity (Wildman–Crippen MR) is 74.3 cm³/mol. The molecule has 3 nitrogen and oxygen atoms in total. The summed E-state index contributed by atoms with van der Waals surface area (Å²) < 4.78 is 14.4. The Kier molecular flexibility index (Phi) is 4.31. The molecule has 0 saturated heterocycles. The van der Waals surface area contributed by atoms with Gasteiger partial charge in [0, 0.05) is 33.7 Å². The molecular formula is C12H12BrFN2OS. The average molecular weight is 331 g/mol. The summed E-state index contributed by atoms with van der Waals surface area (Å²) in [6, 6.07) is 4.87. The minimum absolute atomic E-state index is 0.0747. The van der Waals surface area contributed by atoms with Crippen molar-refractivity contribution in [3.05, 3.63) is 54.8 Å². The fraction of sp³-hybridized carbons (Fsp3) is 0.250. The quantitative estimate of drug-likeness (QED) is 0.904. The highest BCUT2D eigenvalue weighted by atomic mass is 79.9. The first-order valence-corrected chi connectivity index (χ1v) is 7.08. The van der Waals surface area contributed by atoms with Gasteiger partial charge in [0.1, 0.15) is 5.82 Å². The Morgan fingerprint density at radius 3 is 2.94 bits per heavy atom. The summed E-state index contributed by atoms with van der Waals surface area (Å²) in [4.78, 5) is 13.6. The molecule has 0 fully saturated rings. The number of aromatic nitrogens is 1. The van der Waals surface area contributed by atoms with Crippen molar-refractivity contribution in [1.82, 2.24) is 10.3 Å². The van der Waals surface area contributed by atoms with Crippen LogP contribution in [0.25, 0.3) is 0 Å². The Morgan fingerprint density at radius 2 is 2.33 bits per heavy atom. The second-order valence-corrected chi connectivity index (χ2v) is 5.70. The minimum atomic E-state index is -0.247. The third kappa shape index (κ3) is 3.28. The van der Waals surface area contributed by atoms with Crippen LogP contribution in [0.4, 0.5) is 4.39 Å². The van der Waals surface area contributed by atoms with Crippen molar-refractivity contribution in [2.45, 2.75) is 19.5 Å². The standard InChI is InChI=1S/C12H12BrFN2OS/c1-7(10-3-2-8(13)4-11(10)14)15-5-9-6-18-12(17)16-9/h2-4,6-7,15H,5H2,1H3,(H,16,17). The summed E-state index contributed by atoms with van der Waals surface area (Å²) in [6.07, 6.45) is 0. The molecule has 2 N–H and O–H groups in total. The van der Waals surface area contributed by atoms with Gasteiger partial charge < -0.3 is 10.3 Å². The van der Waals surface area contributed by atoms with Crippen molar-refractivity contribution in [2.24, 2.45) is 0 Å². The second kappa shape index (κ2) is 5.77. The third-order valence-corrected chi connectivity index (χ3v) is 3.81. The first-order chi connectivity index (χ1) is 8.56. The van der Waals surface area contributed by atoms with Gasteiger partial charge in [0.25, 0.3) is 0 Å². The molecule has 96 valence electrons. The van der Waals surface area contributed by atoms with Crippen molar-refractivity contribution in [2.75, 3.05) is 0 Å². The minimum Gasteiger partial charge on any atom is -0.315 e. The molecule has 0 spiro atoms. The topological polar surface area (TPSA) is 44.9 Å². The molecule has 0 bridgehead atoms. The number of hydrogen-bond donors (Lipinski definition) is 2. The fourth-order valence-corrected chi connectivity index (χ4v) is 2.54. The van der Waals surface area contributed by atoms with E-state index < -0.39 is 0 Å². The summed E-state index contributed by atoms with van der Waals surface area (Å²) >= 11 is 4.35. The fourth-order valence-electron chi connectivity index (χ4n) is 1.63. The van der Waals surface area contributed by atoms with Gasteiger partial charge in [-0.05, 0) is 19.1 Å². The number of nitrogens with one attached hydrogen (secondary N) is 2. The van der Waals surface area contributed by atoms with Gasteiger partial charge in [-0.15, -0.1) is 0 Å². The molecule has 1 aromatic carbocycles. The average Bonchev–Trinajstić information content (AvgIpc) is 2.72. The number of thiazole rings is 1. The van der Waals surface area contributed by atoms with Crippen LogP contribution in [-0.2, 0) is 6.54 Å². The van der Waals surface area contributed by atoms with E-state index in [1.54, 1.807) is 11.4 Å². The highest BCUT2D eigenvalue weighted by Crippen LogP contribution is 2.21. The summed E-state index contributed by atoms with van der Waals surface area (Å²) in [6.45, 7) is 2.40. The lowest BCUT2D eigenvalue weighted by Gasteiger charge is -2.14. The Morgan fingerprint density at radius 1 is 1.56 bits per heavy atom. The van der Waals surface area contributed by atoms with Crippen LogP contribution in [0.15, 0.2) is 32.8 Å². The van der Waals surface area contributed by atoms with E-state index in [0.717, 1.165) is 21.5 Å². The normalized spacial score (nSPS) is 12.6. The van der Waals surface area contributed by atoms with Crippen LogP contribution in [0.3, 0.4) is 0 Å². The highest BCUT2D eigenvalue weighted by Gasteiger charge is 2.11. The van der Waals surface area contributed by atoms with Crippen molar-refractivity contribution < 1.29 is 4.39 Å². The van der Waals surface area contributed by atoms with Crippen LogP contribution < -0.4 is 10.2 Å². The molecular weight excluding hydrogens is 319 g/mol. The molecule has 0 aliphatic carbocycles. The van der Waals surface area contributed by atoms with Gasteiger partial charge in [0.15, 0.2) is 0 Å². The van der Waals surface area contributed by atoms with Crippen molar-refractivity contribution >= 4 is 27.3 Å². The smallest absolute Gasteiger partial charge is 0.304 e. The Hall–Kier alpha value is -0.980. The number of benzene rings is 1. The molecule has 2 rings (SSSR count). The molecule has 0 radical (unpaired) electrons. The molecule has 1 aromatic heterocycles. The number of hydrogen-bond acceptors (Lipinski definition) is 3. The number of H-pyrrole nitrogens is 1. The zero-order chi connectivity index (χ0) is 13.1. The zero-order valence-electron chi connectivity index (χ0n) is 9.67. The van der Waals surface area contributed by atoms with E-state index in [9.17, 15) is 9.18 Å². The van der Waals surface area contributed by atoms with E-state index in [-0.39, 0.29) is 16.7 Å². The zero-order valence-corrected chi connectivity index (χ0v) is 12.1. The molecule has 0 amide bonds. The first-order valence-electron chi connectivity index (χ1n) is 5.41. The lowest BCUT2D eigenvalue weighted by atomic mass is 10.1. The van der Waals surface area contributed by atoms with E-state index in [2.05, 4.69) is 26.2 Å². The van der Waals surface area contributed by atoms with Crippen LogP contribution in [0, 0.1) is 5.82 Å². The van der Waals surface area contributed by atoms with Crippen LogP contribution >= 0.6 is 27.3 Å². The van der Waals surface area contributed by atoms with Gasteiger partial charge in [-0.2, -0.15) is 0 Å². The molecule has 6 heteroatoms. The van der Waals surface area contributed by atoms with E-state index in [1.807, 2.05) is 13.0 Å². The molecule has 1 atom stereocenters. The van der Waals surface area contributed by atoms with Crippen LogP contribution in [0.1, 0.15) is 24.2 Å². The molecule has 0 aliphatic rings. The maximum Gasteiger partial charge on any atom is 0.304 e. The SMILES string of the molecule is CC(NCc1csc(=O)[nH]1)c1ccc(Br)cc1F. The monoisotopic (exact) mass is 330 g/mol. The number of aromatic amines is 1. The number of rotatable bonds is 4. The largest absolute Gasteiger partial charge is 0.315 e. The van der Waals surface area contributed by atoms with Gasteiger partial charge in [0.2, 0.25) is 0 Å². The van der Waals surface area contributed by atoms with E-state index in [4.69, 9.17) is 0 Å². The van der Waals surface area contributed by atoms with Gasteiger partial charge >= 0.3 is 4.87 Å². The Bertz CT molecular complexity index is 596. The summed E-state index contributed by atoms with van der Waals surface area (Å²) in [5.74, 6) is -0.247. The van der Waals surface area contributed by atoms with Crippen molar-refractivity contribution in [3.63, 3.8) is 0 Å². The maximum absolute atomic E-state index is 13.7. The summed E-state index contributed by atoms with van der Waals surface area (Å²) in [7, 11) is 0. The third-order valence-electron chi connectivity index (χ3n) is 2.60. The highest BCUT2D eigenvalue weighted by molar-refractivity contribution is 9.10. The molecule has 18 heavy (non-hydrogen) atoms. The molecule has 2 aromatic rings. The van der Waals surface area contributed by atoms with Crippen LogP contribution in [-0.4, -0.2) is 4.98 Å². The molecule has 1 unspecified atom stereocenters. The predicted octanol–water partition coefficient (Wildman–Crippen LogP) is 3.19. The number of halogens is 2. The first kappa shape index (κ1) is 13.5. The molecule has 1 heterocycles. The van der Waals surface area contributed by atoms with Gasteiger partial charge in [-0.3, -0.25) is 4.79 Å². The second-order valence-electron chi connectivity index (χ2n) is 3.94. The van der Waals surface area contributed by atoms with E-state index in [0.29, 0.717) is 12.1 Å².